The average Bonchev–Trinajstić information content (AvgIpc) is 3.01. The fourth-order valence-electron chi connectivity index (χ4n) is 2.53. The summed E-state index contributed by atoms with van der Waals surface area (Å²) in [5.41, 5.74) is 0.623. The Balaban J connectivity index is 0.00000341. The number of hydrogen-bond acceptors (Lipinski definition) is 5. The lowest BCUT2D eigenvalue weighted by atomic mass is 10.2. The highest BCUT2D eigenvalue weighted by molar-refractivity contribution is 7.07. The summed E-state index contributed by atoms with van der Waals surface area (Å²) in [5.74, 6) is -0.321. The zero-order valence-corrected chi connectivity index (χ0v) is 17.6. The Labute approximate surface area is 184 Å². The molecule has 164 valence electrons. The molecule has 0 aliphatic rings. The van der Waals surface area contributed by atoms with Crippen LogP contribution in [-0.2, 0) is 24.4 Å². The third-order valence-electron chi connectivity index (χ3n) is 4.14. The van der Waals surface area contributed by atoms with E-state index in [1.54, 1.807) is 17.0 Å². The van der Waals surface area contributed by atoms with E-state index in [1.165, 1.54) is 47.7 Å². The van der Waals surface area contributed by atoms with Crippen LogP contribution in [0, 0.1) is 10.1 Å². The third kappa shape index (κ3) is 6.15. The molecule has 0 aliphatic carbocycles. The van der Waals surface area contributed by atoms with Crippen LogP contribution in [0.25, 0.3) is 0 Å². The zero-order chi connectivity index (χ0) is 21.9. The molecule has 0 aliphatic heterocycles. The molecule has 0 spiro atoms. The molecular formula is C19H16ClF3N4O3S. The van der Waals surface area contributed by atoms with Gasteiger partial charge in [0.05, 0.1) is 22.6 Å². The van der Waals surface area contributed by atoms with Crippen LogP contribution < -0.4 is 10.1 Å². The van der Waals surface area contributed by atoms with Crippen LogP contribution in [0.4, 0.5) is 30.2 Å². The number of carbonyl (C=O) groups is 1. The van der Waals surface area contributed by atoms with Crippen molar-refractivity contribution in [1.29, 1.82) is 0 Å². The summed E-state index contributed by atoms with van der Waals surface area (Å²) in [6, 6.07) is 9.95. The zero-order valence-electron chi connectivity index (χ0n) is 15.9. The van der Waals surface area contributed by atoms with Crippen molar-refractivity contribution >= 4 is 46.7 Å². The summed E-state index contributed by atoms with van der Waals surface area (Å²) >= 11 is 1.25. The number of carbonyl (C=O) groups excluding carboxylic acids is 1. The van der Waals surface area contributed by atoms with Crippen molar-refractivity contribution < 1.29 is 22.9 Å². The number of nitro benzene ring substituents is 1. The molecule has 7 nitrogen and oxygen atoms in total. The van der Waals surface area contributed by atoms with Gasteiger partial charge in [0.25, 0.3) is 5.69 Å². The molecule has 2 aromatic carbocycles. The van der Waals surface area contributed by atoms with Gasteiger partial charge in [-0.3, -0.25) is 14.9 Å². The molecule has 0 atom stereocenters. The standard InChI is InChI=1S/C19H15F3N4O3S.ClH/c1-25-16(10-17(27)23-13-6-8-15(9-7-13)26(28)29)11-30-18(25)24-14-4-2-12(3-5-14)19(20,21)22;/h2-9,11H,10H2,1H3,(H,23,27);1H/b24-18+;. The average molecular weight is 473 g/mol. The summed E-state index contributed by atoms with van der Waals surface area (Å²) in [7, 11) is 1.70. The van der Waals surface area contributed by atoms with E-state index in [4.69, 9.17) is 0 Å². The normalized spacial score (nSPS) is 11.7. The Hall–Kier alpha value is -3.18. The minimum absolute atomic E-state index is 0. The summed E-state index contributed by atoms with van der Waals surface area (Å²) in [5, 5.41) is 15.1. The molecule has 0 unspecified atom stereocenters. The maximum absolute atomic E-state index is 12.6. The second-order valence-corrected chi connectivity index (χ2v) is 7.09. The van der Waals surface area contributed by atoms with Gasteiger partial charge in [0.1, 0.15) is 0 Å². The van der Waals surface area contributed by atoms with Gasteiger partial charge in [-0.15, -0.1) is 23.7 Å². The van der Waals surface area contributed by atoms with E-state index in [-0.39, 0.29) is 30.4 Å². The van der Waals surface area contributed by atoms with Gasteiger partial charge in [-0.2, -0.15) is 13.2 Å². The molecule has 1 aromatic heterocycles. The number of amides is 1. The first kappa shape index (κ1) is 24.1. The molecule has 31 heavy (non-hydrogen) atoms. The smallest absolute Gasteiger partial charge is 0.326 e. The van der Waals surface area contributed by atoms with Crippen LogP contribution in [0.3, 0.4) is 0 Å². The predicted molar refractivity (Wildman–Crippen MR) is 113 cm³/mol. The van der Waals surface area contributed by atoms with E-state index >= 15 is 0 Å². The third-order valence-corrected chi connectivity index (χ3v) is 5.11. The maximum Gasteiger partial charge on any atom is 0.416 e. The van der Waals surface area contributed by atoms with Gasteiger partial charge in [0.2, 0.25) is 5.91 Å². The van der Waals surface area contributed by atoms with Crippen molar-refractivity contribution in [2.45, 2.75) is 12.6 Å². The van der Waals surface area contributed by atoms with Crippen LogP contribution in [0.15, 0.2) is 58.9 Å². The topological polar surface area (TPSA) is 89.5 Å². The van der Waals surface area contributed by atoms with Crippen molar-refractivity contribution in [3.05, 3.63) is 80.1 Å². The molecular weight excluding hydrogens is 457 g/mol. The Bertz CT molecular complexity index is 1140. The molecule has 3 aromatic rings. The van der Waals surface area contributed by atoms with E-state index in [2.05, 4.69) is 10.3 Å². The first-order chi connectivity index (χ1) is 14.1. The lowest BCUT2D eigenvalue weighted by molar-refractivity contribution is -0.384. The van der Waals surface area contributed by atoms with Crippen molar-refractivity contribution in [3.63, 3.8) is 0 Å². The Morgan fingerprint density at radius 3 is 2.32 bits per heavy atom. The highest BCUT2D eigenvalue weighted by Gasteiger charge is 2.29. The van der Waals surface area contributed by atoms with E-state index in [1.807, 2.05) is 0 Å². The highest BCUT2D eigenvalue weighted by Crippen LogP contribution is 2.30. The number of nitrogens with one attached hydrogen (secondary N) is 1. The number of aromatic nitrogens is 1. The number of anilines is 1. The minimum Gasteiger partial charge on any atom is -0.326 e. The highest BCUT2D eigenvalue weighted by atomic mass is 35.5. The molecule has 0 bridgehead atoms. The number of alkyl halides is 3. The van der Waals surface area contributed by atoms with Crippen LogP contribution in [0.2, 0.25) is 0 Å². The number of rotatable bonds is 5. The van der Waals surface area contributed by atoms with Gasteiger partial charge in [-0.25, -0.2) is 4.99 Å². The summed E-state index contributed by atoms with van der Waals surface area (Å²) in [6.45, 7) is 0. The fourth-order valence-corrected chi connectivity index (χ4v) is 3.45. The first-order valence-corrected chi connectivity index (χ1v) is 9.41. The van der Waals surface area contributed by atoms with Gasteiger partial charge in [-0.05, 0) is 36.4 Å². The molecule has 0 fully saturated rings. The van der Waals surface area contributed by atoms with Crippen molar-refractivity contribution in [3.8, 4) is 0 Å². The first-order valence-electron chi connectivity index (χ1n) is 8.53. The van der Waals surface area contributed by atoms with Gasteiger partial charge < -0.3 is 9.88 Å². The van der Waals surface area contributed by atoms with Crippen molar-refractivity contribution in [1.82, 2.24) is 4.57 Å². The SMILES string of the molecule is Cl.Cn1c(CC(=O)Nc2ccc([N+](=O)[O-])cc2)cs/c1=N/c1ccc(C(F)(F)F)cc1. The number of thiazole rings is 1. The molecule has 0 radical (unpaired) electrons. The lowest BCUT2D eigenvalue weighted by Crippen LogP contribution is -2.19. The van der Waals surface area contributed by atoms with Crippen molar-refractivity contribution in [2.75, 3.05) is 5.32 Å². The number of halogens is 4. The molecule has 3 rings (SSSR count). The Kier molecular flexibility index (Phi) is 7.58. The summed E-state index contributed by atoms with van der Waals surface area (Å²) in [6.07, 6.45) is -4.37. The fraction of sp³-hybridized carbons (Fsp3) is 0.158. The second kappa shape index (κ2) is 9.75. The molecule has 1 N–H and O–H groups in total. The number of non-ortho nitro benzene ring substituents is 1. The van der Waals surface area contributed by atoms with E-state index in [0.29, 0.717) is 21.9 Å². The lowest BCUT2D eigenvalue weighted by Gasteiger charge is -2.06. The van der Waals surface area contributed by atoms with Crippen molar-refractivity contribution in [2.24, 2.45) is 12.0 Å². The predicted octanol–water partition coefficient (Wildman–Crippen LogP) is 4.85. The van der Waals surface area contributed by atoms with E-state index in [9.17, 15) is 28.1 Å². The molecule has 1 heterocycles. The maximum atomic E-state index is 12.6. The van der Waals surface area contributed by atoms with Gasteiger partial charge in [0.15, 0.2) is 4.80 Å². The number of hydrogen-bond donors (Lipinski definition) is 1. The molecule has 12 heteroatoms. The summed E-state index contributed by atoms with van der Waals surface area (Å²) < 4.78 is 39.6. The Morgan fingerprint density at radius 1 is 1.16 bits per heavy atom. The molecule has 1 amide bonds. The summed E-state index contributed by atoms with van der Waals surface area (Å²) in [4.78, 5) is 27.2. The van der Waals surface area contributed by atoms with Crippen LogP contribution in [-0.4, -0.2) is 15.4 Å². The van der Waals surface area contributed by atoms with Gasteiger partial charge in [0, 0.05) is 35.9 Å². The number of benzene rings is 2. The van der Waals surface area contributed by atoms with Crippen LogP contribution in [0.5, 0.6) is 0 Å². The van der Waals surface area contributed by atoms with E-state index in [0.717, 1.165) is 12.1 Å². The number of nitrogens with zero attached hydrogens (tertiary/aromatic N) is 3. The monoisotopic (exact) mass is 472 g/mol. The van der Waals surface area contributed by atoms with Crippen LogP contribution in [0.1, 0.15) is 11.3 Å². The van der Waals surface area contributed by atoms with Gasteiger partial charge >= 0.3 is 6.18 Å². The molecule has 0 saturated heterocycles. The Morgan fingerprint density at radius 2 is 1.77 bits per heavy atom. The van der Waals surface area contributed by atoms with Crippen LogP contribution >= 0.6 is 23.7 Å². The minimum atomic E-state index is -4.41. The number of nitro groups is 1. The van der Waals surface area contributed by atoms with E-state index < -0.39 is 16.7 Å². The largest absolute Gasteiger partial charge is 0.416 e. The quantitative estimate of drug-likeness (QED) is 0.425. The van der Waals surface area contributed by atoms with Gasteiger partial charge in [-0.1, -0.05) is 0 Å². The second-order valence-electron chi connectivity index (χ2n) is 6.25. The molecule has 0 saturated carbocycles.